The van der Waals surface area contributed by atoms with Crippen LogP contribution in [0.2, 0.25) is 0 Å². The molecule has 1 aromatic rings. The minimum Gasteiger partial charge on any atom is -0.476 e. The molecule has 0 atom stereocenters. The molecule has 15 heavy (non-hydrogen) atoms. The van der Waals surface area contributed by atoms with Gasteiger partial charge in [0.1, 0.15) is 0 Å². The first kappa shape index (κ1) is 12.1. The number of rotatable bonds is 6. The van der Waals surface area contributed by atoms with E-state index in [1.54, 1.807) is 7.11 Å². The Hall–Kier alpha value is -1.01. The summed E-state index contributed by atoms with van der Waals surface area (Å²) >= 11 is 1.40. The lowest BCUT2D eigenvalue weighted by atomic mass is 10.2. The number of hydrogen-bond acceptors (Lipinski definition) is 4. The molecular weight excluding hydrogens is 216 g/mol. The van der Waals surface area contributed by atoms with E-state index >= 15 is 0 Å². The van der Waals surface area contributed by atoms with E-state index in [0.717, 1.165) is 6.42 Å². The van der Waals surface area contributed by atoms with Crippen LogP contribution < -0.4 is 0 Å². The number of ether oxygens (including phenoxy) is 1. The fourth-order valence-corrected chi connectivity index (χ4v) is 1.64. The van der Waals surface area contributed by atoms with Gasteiger partial charge in [-0.05, 0) is 19.1 Å². The van der Waals surface area contributed by atoms with Crippen molar-refractivity contribution in [1.29, 1.82) is 0 Å². The van der Waals surface area contributed by atoms with Crippen LogP contribution in [0.25, 0.3) is 0 Å². The van der Waals surface area contributed by atoms with E-state index < -0.39 is 5.97 Å². The predicted octanol–water partition coefficient (Wildman–Crippen LogP) is 1.41. The molecule has 0 radical (unpaired) electrons. The molecule has 0 aliphatic heterocycles. The topological polar surface area (TPSA) is 75.2 Å². The second-order valence-corrected chi connectivity index (χ2v) is 3.77. The minimum absolute atomic E-state index is 0.121. The second kappa shape index (κ2) is 5.77. The van der Waals surface area contributed by atoms with E-state index in [4.69, 9.17) is 9.84 Å². The molecule has 0 aliphatic rings. The van der Waals surface area contributed by atoms with Crippen LogP contribution in [-0.4, -0.2) is 41.0 Å². The minimum atomic E-state index is -0.987. The van der Waals surface area contributed by atoms with Crippen molar-refractivity contribution in [2.24, 2.45) is 0 Å². The number of nitrogens with zero attached hydrogens (tertiary/aromatic N) is 1. The molecule has 0 aliphatic carbocycles. The summed E-state index contributed by atoms with van der Waals surface area (Å²) in [5.74, 6) is -0.987. The highest BCUT2D eigenvalue weighted by molar-refractivity contribution is 7.98. The molecule has 5 nitrogen and oxygen atoms in total. The van der Waals surface area contributed by atoms with E-state index in [1.165, 1.54) is 11.8 Å². The summed E-state index contributed by atoms with van der Waals surface area (Å²) in [4.78, 5) is 17.8. The van der Waals surface area contributed by atoms with Crippen LogP contribution >= 0.6 is 11.8 Å². The lowest BCUT2D eigenvalue weighted by molar-refractivity contribution is 0.0689. The third kappa shape index (κ3) is 3.24. The number of methoxy groups -OCH3 is 1. The lowest BCUT2D eigenvalue weighted by Crippen LogP contribution is -2.03. The molecule has 0 spiro atoms. The van der Waals surface area contributed by atoms with Crippen LogP contribution in [0.15, 0.2) is 5.16 Å². The first-order valence-electron chi connectivity index (χ1n) is 4.54. The van der Waals surface area contributed by atoms with Crippen LogP contribution in [0.1, 0.15) is 22.6 Å². The Balaban J connectivity index is 2.75. The summed E-state index contributed by atoms with van der Waals surface area (Å²) in [6.45, 7) is 0.618. The summed E-state index contributed by atoms with van der Waals surface area (Å²) in [6, 6.07) is 0. The number of carbonyl (C=O) groups is 1. The number of aryl methyl sites for hydroxylation is 1. The molecule has 0 amide bonds. The van der Waals surface area contributed by atoms with Gasteiger partial charge in [0.05, 0.1) is 5.69 Å². The Morgan fingerprint density at radius 1 is 1.67 bits per heavy atom. The number of aromatic carboxylic acids is 1. The Morgan fingerprint density at radius 2 is 2.40 bits per heavy atom. The maximum atomic E-state index is 10.9. The van der Waals surface area contributed by atoms with E-state index in [-0.39, 0.29) is 5.69 Å². The van der Waals surface area contributed by atoms with Gasteiger partial charge in [0.25, 0.3) is 0 Å². The number of imidazole rings is 1. The van der Waals surface area contributed by atoms with E-state index in [9.17, 15) is 4.79 Å². The normalized spacial score (nSPS) is 10.5. The number of hydrogen-bond donors (Lipinski definition) is 2. The molecule has 0 unspecified atom stereocenters. The zero-order valence-corrected chi connectivity index (χ0v) is 9.56. The van der Waals surface area contributed by atoms with Crippen LogP contribution in [0.4, 0.5) is 0 Å². The highest BCUT2D eigenvalue weighted by Crippen LogP contribution is 2.15. The van der Waals surface area contributed by atoms with Gasteiger partial charge in [0.2, 0.25) is 0 Å². The van der Waals surface area contributed by atoms with Gasteiger partial charge >= 0.3 is 5.97 Å². The van der Waals surface area contributed by atoms with Gasteiger partial charge in [-0.3, -0.25) is 0 Å². The quantitative estimate of drug-likeness (QED) is 0.571. The van der Waals surface area contributed by atoms with E-state index in [0.29, 0.717) is 23.9 Å². The SMILES string of the molecule is COCCCc1[nH]c(SC)nc1C(=O)O. The maximum Gasteiger partial charge on any atom is 0.356 e. The van der Waals surface area contributed by atoms with Gasteiger partial charge in [0.15, 0.2) is 10.9 Å². The summed E-state index contributed by atoms with van der Waals surface area (Å²) < 4.78 is 4.91. The Bertz CT molecular complexity index is 338. The highest BCUT2D eigenvalue weighted by atomic mass is 32.2. The monoisotopic (exact) mass is 230 g/mol. The predicted molar refractivity (Wildman–Crippen MR) is 57.5 cm³/mol. The van der Waals surface area contributed by atoms with E-state index in [1.807, 2.05) is 6.26 Å². The molecule has 2 N–H and O–H groups in total. The van der Waals surface area contributed by atoms with Crippen LogP contribution in [-0.2, 0) is 11.2 Å². The van der Waals surface area contributed by atoms with Crippen molar-refractivity contribution in [3.8, 4) is 0 Å². The molecule has 0 saturated heterocycles. The molecule has 0 fully saturated rings. The number of nitrogens with one attached hydrogen (secondary N) is 1. The summed E-state index contributed by atoms with van der Waals surface area (Å²) in [5.41, 5.74) is 0.791. The third-order valence-corrected chi connectivity index (χ3v) is 2.51. The van der Waals surface area contributed by atoms with Crippen molar-refractivity contribution in [1.82, 2.24) is 9.97 Å². The first-order chi connectivity index (χ1) is 7.19. The largest absolute Gasteiger partial charge is 0.476 e. The summed E-state index contributed by atoms with van der Waals surface area (Å²) in [6.07, 6.45) is 3.28. The third-order valence-electron chi connectivity index (χ3n) is 1.93. The van der Waals surface area contributed by atoms with Gasteiger partial charge in [-0.2, -0.15) is 0 Å². The molecule has 0 aromatic carbocycles. The van der Waals surface area contributed by atoms with Crippen molar-refractivity contribution in [3.05, 3.63) is 11.4 Å². The molecule has 1 heterocycles. The zero-order chi connectivity index (χ0) is 11.3. The van der Waals surface area contributed by atoms with Crippen molar-refractivity contribution in [2.45, 2.75) is 18.0 Å². The number of aromatic nitrogens is 2. The summed E-state index contributed by atoms with van der Waals surface area (Å²) in [7, 11) is 1.62. The second-order valence-electron chi connectivity index (χ2n) is 2.97. The zero-order valence-electron chi connectivity index (χ0n) is 8.74. The van der Waals surface area contributed by atoms with Crippen molar-refractivity contribution < 1.29 is 14.6 Å². The standard InChI is InChI=1S/C9H14N2O3S/c1-14-5-3-4-6-7(8(12)13)11-9(10-6)15-2/h3-5H2,1-2H3,(H,10,11)(H,12,13). The van der Waals surface area contributed by atoms with Crippen LogP contribution in [0.5, 0.6) is 0 Å². The van der Waals surface area contributed by atoms with Gasteiger partial charge in [-0.15, -0.1) is 0 Å². The van der Waals surface area contributed by atoms with Crippen LogP contribution in [0.3, 0.4) is 0 Å². The summed E-state index contributed by atoms with van der Waals surface area (Å²) in [5, 5.41) is 9.55. The molecule has 1 rings (SSSR count). The Labute approximate surface area is 92.2 Å². The molecule has 1 aromatic heterocycles. The number of aromatic amines is 1. The van der Waals surface area contributed by atoms with E-state index in [2.05, 4.69) is 9.97 Å². The average molecular weight is 230 g/mol. The molecule has 6 heteroatoms. The maximum absolute atomic E-state index is 10.9. The smallest absolute Gasteiger partial charge is 0.356 e. The van der Waals surface area contributed by atoms with Crippen molar-refractivity contribution >= 4 is 17.7 Å². The fraction of sp³-hybridized carbons (Fsp3) is 0.556. The fourth-order valence-electron chi connectivity index (χ4n) is 1.23. The highest BCUT2D eigenvalue weighted by Gasteiger charge is 2.15. The molecule has 0 saturated carbocycles. The van der Waals surface area contributed by atoms with Crippen LogP contribution in [0, 0.1) is 0 Å². The number of carboxylic acid groups (broad SMARTS) is 1. The van der Waals surface area contributed by atoms with Gasteiger partial charge < -0.3 is 14.8 Å². The molecule has 0 bridgehead atoms. The van der Waals surface area contributed by atoms with Crippen molar-refractivity contribution in [3.63, 3.8) is 0 Å². The van der Waals surface area contributed by atoms with Gasteiger partial charge in [-0.25, -0.2) is 9.78 Å². The van der Waals surface area contributed by atoms with Gasteiger partial charge in [0, 0.05) is 13.7 Å². The number of thioether (sulfide) groups is 1. The molecular formula is C9H14N2O3S. The Morgan fingerprint density at radius 3 is 2.93 bits per heavy atom. The Kier molecular flexibility index (Phi) is 4.64. The number of carboxylic acids is 1. The lowest BCUT2D eigenvalue weighted by Gasteiger charge is -1.98. The average Bonchev–Trinajstić information content (AvgIpc) is 2.62. The van der Waals surface area contributed by atoms with Gasteiger partial charge in [-0.1, -0.05) is 11.8 Å². The first-order valence-corrected chi connectivity index (χ1v) is 5.76. The molecule has 84 valence electrons. The number of H-pyrrole nitrogens is 1. The van der Waals surface area contributed by atoms with Crippen molar-refractivity contribution in [2.75, 3.05) is 20.0 Å².